The van der Waals surface area contributed by atoms with Crippen LogP contribution in [0.5, 0.6) is 0 Å². The Labute approximate surface area is 165 Å². The first kappa shape index (κ1) is 20.6. The first-order valence-electron chi connectivity index (χ1n) is 10.3. The summed E-state index contributed by atoms with van der Waals surface area (Å²) in [4.78, 5) is 28.2. The number of aliphatic carboxylic acids is 1. The molecular weight excluding hydrogens is 358 g/mol. The number of anilines is 1. The maximum atomic E-state index is 12.4. The third-order valence-corrected chi connectivity index (χ3v) is 6.26. The van der Waals surface area contributed by atoms with Crippen LogP contribution in [-0.4, -0.2) is 45.8 Å². The lowest BCUT2D eigenvalue weighted by molar-refractivity contribution is -0.154. The minimum Gasteiger partial charge on any atom is -0.481 e. The van der Waals surface area contributed by atoms with Crippen molar-refractivity contribution in [1.82, 2.24) is 10.3 Å². The minimum absolute atomic E-state index is 0.00472. The van der Waals surface area contributed by atoms with Crippen LogP contribution in [0.3, 0.4) is 0 Å². The Hall–Kier alpha value is -2.15. The van der Waals surface area contributed by atoms with Gasteiger partial charge in [-0.3, -0.25) is 9.59 Å². The first-order chi connectivity index (χ1) is 13.4. The fraction of sp³-hybridized carbons (Fsp3) is 0.667. The molecule has 1 saturated carbocycles. The summed E-state index contributed by atoms with van der Waals surface area (Å²) >= 11 is 0. The molecule has 1 atom stereocenters. The van der Waals surface area contributed by atoms with Gasteiger partial charge in [-0.15, -0.1) is 0 Å². The van der Waals surface area contributed by atoms with E-state index in [4.69, 9.17) is 5.11 Å². The molecule has 2 aliphatic rings. The predicted octanol–water partition coefficient (Wildman–Crippen LogP) is 2.13. The highest BCUT2D eigenvalue weighted by Crippen LogP contribution is 2.37. The Bertz CT molecular complexity index is 714. The van der Waals surface area contributed by atoms with E-state index in [1.807, 2.05) is 0 Å². The van der Waals surface area contributed by atoms with Crippen molar-refractivity contribution >= 4 is 17.7 Å². The summed E-state index contributed by atoms with van der Waals surface area (Å²) in [5, 5.41) is 26.0. The second-order valence-electron chi connectivity index (χ2n) is 8.17. The molecule has 3 rings (SSSR count). The first-order valence-corrected chi connectivity index (χ1v) is 10.3. The average molecular weight is 389 g/mol. The number of aliphatic hydroxyl groups is 1. The Morgan fingerprint density at radius 3 is 2.82 bits per heavy atom. The highest BCUT2D eigenvalue weighted by molar-refractivity contribution is 5.78. The predicted molar refractivity (Wildman–Crippen MR) is 106 cm³/mol. The van der Waals surface area contributed by atoms with Gasteiger partial charge in [-0.1, -0.05) is 6.07 Å². The van der Waals surface area contributed by atoms with Gasteiger partial charge in [-0.05, 0) is 69.9 Å². The molecule has 154 valence electrons. The molecule has 1 fully saturated rings. The third-order valence-electron chi connectivity index (χ3n) is 6.26. The molecule has 28 heavy (non-hydrogen) atoms. The monoisotopic (exact) mass is 389 g/mol. The van der Waals surface area contributed by atoms with Gasteiger partial charge in [-0.25, -0.2) is 4.98 Å². The number of nitrogens with zero attached hydrogens (tertiary/aromatic N) is 1. The van der Waals surface area contributed by atoms with Crippen molar-refractivity contribution in [2.24, 2.45) is 11.8 Å². The molecule has 7 heteroatoms. The van der Waals surface area contributed by atoms with E-state index in [1.165, 1.54) is 12.5 Å². The SMILES string of the molecule is CC(C(=O)O)C1(O)CCC(C(=O)NCCCc2ccc3c(n2)NCCC3)CC1. The van der Waals surface area contributed by atoms with Crippen molar-refractivity contribution in [2.45, 2.75) is 63.9 Å². The largest absolute Gasteiger partial charge is 0.481 e. The van der Waals surface area contributed by atoms with Gasteiger partial charge in [0.25, 0.3) is 0 Å². The van der Waals surface area contributed by atoms with Crippen molar-refractivity contribution in [2.75, 3.05) is 18.4 Å². The number of nitrogens with one attached hydrogen (secondary N) is 2. The lowest BCUT2D eigenvalue weighted by Gasteiger charge is -2.38. The van der Waals surface area contributed by atoms with Gasteiger partial charge >= 0.3 is 5.97 Å². The fourth-order valence-electron chi connectivity index (χ4n) is 4.18. The van der Waals surface area contributed by atoms with Gasteiger partial charge in [0.15, 0.2) is 0 Å². The number of aromatic nitrogens is 1. The average Bonchev–Trinajstić information content (AvgIpc) is 2.70. The smallest absolute Gasteiger partial charge is 0.309 e. The molecule has 0 bridgehead atoms. The van der Waals surface area contributed by atoms with Gasteiger partial charge in [0, 0.05) is 24.7 Å². The van der Waals surface area contributed by atoms with Gasteiger partial charge in [0.1, 0.15) is 5.82 Å². The van der Waals surface area contributed by atoms with Crippen LogP contribution in [0.15, 0.2) is 12.1 Å². The van der Waals surface area contributed by atoms with Crippen molar-refractivity contribution in [3.05, 3.63) is 23.4 Å². The number of aryl methyl sites for hydroxylation is 2. The molecule has 0 saturated heterocycles. The number of carbonyl (C=O) groups is 2. The Kier molecular flexibility index (Phi) is 6.54. The molecular formula is C21H31N3O4. The summed E-state index contributed by atoms with van der Waals surface area (Å²) in [5.41, 5.74) is 1.11. The Balaban J connectivity index is 1.39. The third kappa shape index (κ3) is 4.82. The van der Waals surface area contributed by atoms with Gasteiger partial charge in [0.2, 0.25) is 5.91 Å². The van der Waals surface area contributed by atoms with Gasteiger partial charge < -0.3 is 20.8 Å². The second-order valence-corrected chi connectivity index (χ2v) is 8.17. The van der Waals surface area contributed by atoms with E-state index in [1.54, 1.807) is 0 Å². The maximum Gasteiger partial charge on any atom is 0.309 e. The number of carboxylic acid groups (broad SMARTS) is 1. The van der Waals surface area contributed by atoms with Crippen molar-refractivity contribution in [3.8, 4) is 0 Å². The topological polar surface area (TPSA) is 112 Å². The molecule has 1 amide bonds. The van der Waals surface area contributed by atoms with Crippen LogP contribution in [0.2, 0.25) is 0 Å². The highest BCUT2D eigenvalue weighted by atomic mass is 16.4. The molecule has 1 aliphatic carbocycles. The molecule has 1 unspecified atom stereocenters. The van der Waals surface area contributed by atoms with Crippen LogP contribution < -0.4 is 10.6 Å². The van der Waals surface area contributed by atoms with E-state index >= 15 is 0 Å². The molecule has 2 heterocycles. The van der Waals surface area contributed by atoms with E-state index < -0.39 is 17.5 Å². The number of carbonyl (C=O) groups excluding carboxylic acids is 1. The molecule has 1 aromatic rings. The Morgan fingerprint density at radius 2 is 2.11 bits per heavy atom. The molecule has 7 nitrogen and oxygen atoms in total. The zero-order chi connectivity index (χ0) is 20.1. The lowest BCUT2D eigenvalue weighted by Crippen LogP contribution is -2.46. The number of carboxylic acids is 1. The number of hydrogen-bond donors (Lipinski definition) is 4. The molecule has 0 radical (unpaired) electrons. The molecule has 1 aliphatic heterocycles. The van der Waals surface area contributed by atoms with Crippen molar-refractivity contribution in [1.29, 1.82) is 0 Å². The van der Waals surface area contributed by atoms with Gasteiger partial charge in [0.05, 0.1) is 11.5 Å². The van der Waals surface area contributed by atoms with Crippen LogP contribution in [-0.2, 0) is 22.4 Å². The van der Waals surface area contributed by atoms with E-state index in [-0.39, 0.29) is 11.8 Å². The summed E-state index contributed by atoms with van der Waals surface area (Å²) in [7, 11) is 0. The van der Waals surface area contributed by atoms with Crippen LogP contribution in [0.25, 0.3) is 0 Å². The number of fused-ring (bicyclic) bond motifs is 1. The number of hydrogen-bond acceptors (Lipinski definition) is 5. The van der Waals surface area contributed by atoms with Crippen LogP contribution >= 0.6 is 0 Å². The highest BCUT2D eigenvalue weighted by Gasteiger charge is 2.42. The Morgan fingerprint density at radius 1 is 1.36 bits per heavy atom. The molecule has 0 spiro atoms. The number of rotatable bonds is 7. The van der Waals surface area contributed by atoms with E-state index in [0.717, 1.165) is 43.7 Å². The summed E-state index contributed by atoms with van der Waals surface area (Å²) < 4.78 is 0. The summed E-state index contributed by atoms with van der Waals surface area (Å²) in [6.07, 6.45) is 5.62. The summed E-state index contributed by atoms with van der Waals surface area (Å²) in [6, 6.07) is 4.21. The standard InChI is InChI=1S/C21H31N3O4/c1-14(20(26)27)21(28)10-8-16(9-11-21)19(25)23-13-3-5-17-7-6-15-4-2-12-22-18(15)24-17/h6-7,14,16,28H,2-5,8-13H2,1H3,(H,22,24)(H,23,25)(H,26,27). The van der Waals surface area contributed by atoms with E-state index in [0.29, 0.717) is 32.2 Å². The van der Waals surface area contributed by atoms with Crippen molar-refractivity contribution < 1.29 is 19.8 Å². The molecule has 0 aromatic carbocycles. The number of pyridine rings is 1. The summed E-state index contributed by atoms with van der Waals surface area (Å²) in [5.74, 6) is -0.943. The maximum absolute atomic E-state index is 12.4. The van der Waals surface area contributed by atoms with Crippen LogP contribution in [0, 0.1) is 11.8 Å². The fourth-order valence-corrected chi connectivity index (χ4v) is 4.18. The number of amides is 1. The van der Waals surface area contributed by atoms with Crippen molar-refractivity contribution in [3.63, 3.8) is 0 Å². The summed E-state index contributed by atoms with van der Waals surface area (Å²) in [6.45, 7) is 3.10. The quantitative estimate of drug-likeness (QED) is 0.532. The molecule has 4 N–H and O–H groups in total. The minimum atomic E-state index is -1.20. The van der Waals surface area contributed by atoms with Gasteiger partial charge in [-0.2, -0.15) is 0 Å². The second kappa shape index (κ2) is 8.90. The molecule has 1 aromatic heterocycles. The zero-order valence-corrected chi connectivity index (χ0v) is 16.5. The normalized spacial score (nSPS) is 25.3. The van der Waals surface area contributed by atoms with Crippen LogP contribution in [0.1, 0.15) is 56.7 Å². The van der Waals surface area contributed by atoms with E-state index in [9.17, 15) is 14.7 Å². The van der Waals surface area contributed by atoms with E-state index in [2.05, 4.69) is 27.8 Å². The zero-order valence-electron chi connectivity index (χ0n) is 16.5. The lowest BCUT2D eigenvalue weighted by atomic mass is 9.72. The van der Waals surface area contributed by atoms with Crippen LogP contribution in [0.4, 0.5) is 5.82 Å².